The quantitative estimate of drug-likeness (QED) is 0.699. The molecule has 4 saturated carbocycles. The smallest absolute Gasteiger partial charge is 0.315 e. The van der Waals surface area contributed by atoms with E-state index >= 15 is 0 Å². The van der Waals surface area contributed by atoms with E-state index < -0.39 is 10.0 Å². The number of hydrogen-bond acceptors (Lipinski definition) is 3. The van der Waals surface area contributed by atoms with Gasteiger partial charge in [-0.3, -0.25) is 0 Å². The van der Waals surface area contributed by atoms with Gasteiger partial charge in [0.25, 0.3) is 0 Å². The van der Waals surface area contributed by atoms with Crippen LogP contribution in [0, 0.1) is 17.8 Å². The Morgan fingerprint density at radius 2 is 1.45 bits per heavy atom. The molecule has 0 atom stereocenters. The number of rotatable bonds is 4. The Morgan fingerprint density at radius 1 is 0.970 bits per heavy atom. The van der Waals surface area contributed by atoms with Gasteiger partial charge in [0.2, 0.25) is 10.0 Å². The zero-order valence-electron chi connectivity index (χ0n) is 20.3. The molecule has 0 aromatic heterocycles. The van der Waals surface area contributed by atoms with Crippen molar-refractivity contribution in [3.8, 4) is 0 Å². The summed E-state index contributed by atoms with van der Waals surface area (Å²) in [5.74, 6) is 2.19. The molecule has 6 rings (SSSR count). The molecule has 33 heavy (non-hydrogen) atoms. The Hall–Kier alpha value is -1.60. The number of sulfonamides is 1. The number of carbonyl (C=O) groups excluding carboxylic acids is 1. The van der Waals surface area contributed by atoms with Crippen molar-refractivity contribution >= 4 is 16.1 Å². The number of urea groups is 1. The molecule has 2 N–H and O–H groups in total. The van der Waals surface area contributed by atoms with Gasteiger partial charge in [-0.1, -0.05) is 32.9 Å². The molecule has 1 aromatic rings. The van der Waals surface area contributed by atoms with Gasteiger partial charge in [0, 0.05) is 24.7 Å². The van der Waals surface area contributed by atoms with Crippen molar-refractivity contribution in [2.24, 2.45) is 23.5 Å². The lowest BCUT2D eigenvalue weighted by atomic mass is 9.52. The number of nitrogens with two attached hydrogens (primary N) is 1. The van der Waals surface area contributed by atoms with Gasteiger partial charge in [-0.05, 0) is 92.2 Å². The van der Waals surface area contributed by atoms with Crippen LogP contribution in [0.4, 0.5) is 4.79 Å². The van der Waals surface area contributed by atoms with Gasteiger partial charge < -0.3 is 10.6 Å². The molecule has 6 nitrogen and oxygen atoms in total. The predicted molar refractivity (Wildman–Crippen MR) is 129 cm³/mol. The first-order valence-corrected chi connectivity index (χ1v) is 14.1. The number of piperidine rings is 1. The molecular formula is C26H39N3O3S. The van der Waals surface area contributed by atoms with E-state index in [-0.39, 0.29) is 23.0 Å². The second kappa shape index (κ2) is 7.98. The number of primary amides is 1. The molecule has 2 amide bonds. The Balaban J connectivity index is 1.30. The molecular weight excluding hydrogens is 434 g/mol. The molecule has 4 aliphatic carbocycles. The summed E-state index contributed by atoms with van der Waals surface area (Å²) in [5, 5.41) is 0. The number of benzene rings is 1. The largest absolute Gasteiger partial charge is 0.351 e. The second-order valence-electron chi connectivity index (χ2n) is 12.3. The van der Waals surface area contributed by atoms with Gasteiger partial charge in [-0.25, -0.2) is 13.2 Å². The van der Waals surface area contributed by atoms with Crippen molar-refractivity contribution in [2.45, 2.75) is 94.0 Å². The van der Waals surface area contributed by atoms with Gasteiger partial charge in [0.15, 0.2) is 0 Å². The lowest BCUT2D eigenvalue weighted by molar-refractivity contribution is -0.0865. The van der Waals surface area contributed by atoms with Crippen LogP contribution in [0.25, 0.3) is 0 Å². The van der Waals surface area contributed by atoms with E-state index in [1.807, 2.05) is 17.0 Å². The van der Waals surface area contributed by atoms with Crippen molar-refractivity contribution < 1.29 is 13.2 Å². The maximum atomic E-state index is 13.3. The summed E-state index contributed by atoms with van der Waals surface area (Å²) < 4.78 is 28.2. The lowest BCUT2D eigenvalue weighted by Gasteiger charge is -2.61. The molecule has 4 bridgehead atoms. The van der Waals surface area contributed by atoms with Crippen molar-refractivity contribution in [1.82, 2.24) is 9.21 Å². The average molecular weight is 474 g/mol. The highest BCUT2D eigenvalue weighted by Crippen LogP contribution is 2.58. The zero-order chi connectivity index (χ0) is 23.6. The topological polar surface area (TPSA) is 83.7 Å². The van der Waals surface area contributed by atoms with Gasteiger partial charge in [-0.2, -0.15) is 4.31 Å². The summed E-state index contributed by atoms with van der Waals surface area (Å²) in [7, 11) is -3.54. The monoisotopic (exact) mass is 473 g/mol. The normalized spacial score (nSPS) is 32.8. The highest BCUT2D eigenvalue weighted by atomic mass is 32.2. The Morgan fingerprint density at radius 3 is 1.88 bits per heavy atom. The molecule has 1 saturated heterocycles. The minimum Gasteiger partial charge on any atom is -0.351 e. The Bertz CT molecular complexity index is 969. The summed E-state index contributed by atoms with van der Waals surface area (Å²) >= 11 is 0. The molecule has 7 heteroatoms. The molecule has 5 fully saturated rings. The van der Waals surface area contributed by atoms with Crippen LogP contribution >= 0.6 is 0 Å². The summed E-state index contributed by atoms with van der Waals surface area (Å²) in [4.78, 5) is 15.1. The van der Waals surface area contributed by atoms with Crippen LogP contribution in [-0.4, -0.2) is 48.3 Å². The zero-order valence-corrected chi connectivity index (χ0v) is 21.1. The number of nitrogens with zero attached hydrogens (tertiary/aromatic N) is 2. The fourth-order valence-electron chi connectivity index (χ4n) is 7.78. The van der Waals surface area contributed by atoms with Crippen molar-refractivity contribution in [2.75, 3.05) is 13.1 Å². The van der Waals surface area contributed by atoms with Gasteiger partial charge >= 0.3 is 6.03 Å². The standard InChI is InChI=1S/C26H39N3O3S/c1-25(2,3)21-4-6-23(7-5-21)33(31,32)28-10-8-22(9-11-28)29(24(27)30)26-15-18-12-19(16-26)14-20(13-18)17-26/h4-7,18-20,22H,8-17H2,1-3H3,(H2,27,30). The Labute approximate surface area is 198 Å². The summed E-state index contributed by atoms with van der Waals surface area (Å²) in [5.41, 5.74) is 7.02. The van der Waals surface area contributed by atoms with E-state index in [0.717, 1.165) is 42.6 Å². The highest BCUT2D eigenvalue weighted by molar-refractivity contribution is 7.89. The molecule has 182 valence electrons. The first-order chi connectivity index (χ1) is 15.5. The first kappa shape index (κ1) is 23.2. The van der Waals surface area contributed by atoms with Crippen LogP contribution in [0.2, 0.25) is 0 Å². The van der Waals surface area contributed by atoms with Crippen LogP contribution < -0.4 is 5.73 Å². The maximum absolute atomic E-state index is 13.3. The molecule has 0 spiro atoms. The van der Waals surface area contributed by atoms with Gasteiger partial charge in [-0.15, -0.1) is 0 Å². The van der Waals surface area contributed by atoms with E-state index in [4.69, 9.17) is 5.73 Å². The predicted octanol–water partition coefficient (Wildman–Crippen LogP) is 4.49. The van der Waals surface area contributed by atoms with E-state index in [0.29, 0.717) is 30.8 Å². The van der Waals surface area contributed by atoms with Crippen molar-refractivity contribution in [3.05, 3.63) is 29.8 Å². The molecule has 1 aromatic carbocycles. The minimum atomic E-state index is -3.54. The molecule has 1 heterocycles. The first-order valence-electron chi connectivity index (χ1n) is 12.7. The van der Waals surface area contributed by atoms with Crippen LogP contribution in [0.3, 0.4) is 0 Å². The van der Waals surface area contributed by atoms with Crippen LogP contribution in [0.5, 0.6) is 0 Å². The second-order valence-corrected chi connectivity index (χ2v) is 14.2. The van der Waals surface area contributed by atoms with Crippen LogP contribution in [0.1, 0.15) is 77.7 Å². The third-order valence-electron chi connectivity index (χ3n) is 8.90. The third-order valence-corrected chi connectivity index (χ3v) is 10.8. The summed E-state index contributed by atoms with van der Waals surface area (Å²) in [6.45, 7) is 7.23. The number of amides is 2. The molecule has 0 radical (unpaired) electrons. The van der Waals surface area contributed by atoms with Crippen molar-refractivity contribution in [3.63, 3.8) is 0 Å². The fourth-order valence-corrected chi connectivity index (χ4v) is 9.25. The average Bonchev–Trinajstić information content (AvgIpc) is 2.72. The minimum absolute atomic E-state index is 0.0177. The van der Waals surface area contributed by atoms with Crippen LogP contribution in [-0.2, 0) is 15.4 Å². The number of hydrogen-bond donors (Lipinski definition) is 1. The maximum Gasteiger partial charge on any atom is 0.315 e. The van der Waals surface area contributed by atoms with E-state index in [1.165, 1.54) is 19.3 Å². The third kappa shape index (κ3) is 4.09. The lowest BCUT2D eigenvalue weighted by Crippen LogP contribution is -2.66. The molecule has 1 aliphatic heterocycles. The SMILES string of the molecule is CC(C)(C)c1ccc(S(=O)(=O)N2CCC(N(C(N)=O)C34CC5CC(CC(C5)C3)C4)CC2)cc1. The van der Waals surface area contributed by atoms with E-state index in [9.17, 15) is 13.2 Å². The molecule has 5 aliphatic rings. The van der Waals surface area contributed by atoms with Gasteiger partial charge in [0.05, 0.1) is 4.90 Å². The highest BCUT2D eigenvalue weighted by Gasteiger charge is 2.56. The van der Waals surface area contributed by atoms with Crippen LogP contribution in [0.15, 0.2) is 29.2 Å². The molecule has 0 unspecified atom stereocenters. The van der Waals surface area contributed by atoms with E-state index in [1.54, 1.807) is 16.4 Å². The summed E-state index contributed by atoms with van der Waals surface area (Å²) in [6.07, 6.45) is 8.51. The van der Waals surface area contributed by atoms with Crippen molar-refractivity contribution in [1.29, 1.82) is 0 Å². The summed E-state index contributed by atoms with van der Waals surface area (Å²) in [6, 6.07) is 7.02. The van der Waals surface area contributed by atoms with Gasteiger partial charge in [0.1, 0.15) is 0 Å². The van der Waals surface area contributed by atoms with E-state index in [2.05, 4.69) is 20.8 Å². The Kier molecular flexibility index (Phi) is 5.60. The fraction of sp³-hybridized carbons (Fsp3) is 0.731. The number of carbonyl (C=O) groups is 1.